The van der Waals surface area contributed by atoms with Crippen LogP contribution in [0.4, 0.5) is 0 Å². The lowest BCUT2D eigenvalue weighted by molar-refractivity contribution is 0.0734. The number of pyridine rings is 1. The first-order chi connectivity index (χ1) is 13.5. The second-order valence-electron chi connectivity index (χ2n) is 7.68. The molecule has 0 saturated carbocycles. The number of carbonyl (C=O) groups is 1. The molecule has 0 radical (unpaired) electrons. The van der Waals surface area contributed by atoms with Crippen LogP contribution in [0.15, 0.2) is 49.1 Å². The summed E-state index contributed by atoms with van der Waals surface area (Å²) in [4.78, 5) is 21.4. The topological polar surface area (TPSA) is 54.3 Å². The molecule has 6 nitrogen and oxygen atoms in total. The lowest BCUT2D eigenvalue weighted by Crippen LogP contribution is -2.36. The molecule has 4 rings (SSSR count). The van der Waals surface area contributed by atoms with Gasteiger partial charge >= 0.3 is 0 Å². The highest BCUT2D eigenvalue weighted by Gasteiger charge is 2.22. The quantitative estimate of drug-likeness (QED) is 0.704. The van der Waals surface area contributed by atoms with E-state index in [1.165, 1.54) is 16.7 Å². The van der Waals surface area contributed by atoms with Crippen LogP contribution in [-0.4, -0.2) is 51.1 Å². The first-order valence-corrected chi connectivity index (χ1v) is 9.48. The third-order valence-electron chi connectivity index (χ3n) is 5.09. The minimum atomic E-state index is 0.0289. The maximum absolute atomic E-state index is 13.1. The van der Waals surface area contributed by atoms with E-state index in [1.54, 1.807) is 23.3 Å². The van der Waals surface area contributed by atoms with Crippen molar-refractivity contribution >= 4 is 5.91 Å². The standard InChI is InChI=1S/C22H25N5O/c1-25(2)13-16-4-5-18-15-27(7-6-17(18)8-16)22(28)20-9-19(10-23-11-20)21-12-24-26(3)14-21/h4-5,8-12,14H,6-7,13,15H2,1-3H3. The Hall–Kier alpha value is -2.99. The number of rotatable bonds is 4. The zero-order chi connectivity index (χ0) is 19.7. The van der Waals surface area contributed by atoms with E-state index in [0.717, 1.165) is 30.6 Å². The van der Waals surface area contributed by atoms with Crippen LogP contribution in [0.1, 0.15) is 27.0 Å². The predicted molar refractivity (Wildman–Crippen MR) is 109 cm³/mol. The van der Waals surface area contributed by atoms with Crippen molar-refractivity contribution in [1.29, 1.82) is 0 Å². The normalized spacial score (nSPS) is 13.6. The van der Waals surface area contributed by atoms with E-state index < -0.39 is 0 Å². The second kappa shape index (κ2) is 7.56. The van der Waals surface area contributed by atoms with Gasteiger partial charge in [-0.3, -0.25) is 14.5 Å². The van der Waals surface area contributed by atoms with Gasteiger partial charge in [0, 0.05) is 56.4 Å². The van der Waals surface area contributed by atoms with Gasteiger partial charge in [-0.1, -0.05) is 18.2 Å². The molecule has 0 aliphatic carbocycles. The van der Waals surface area contributed by atoms with Crippen LogP contribution in [0.5, 0.6) is 0 Å². The van der Waals surface area contributed by atoms with Gasteiger partial charge in [-0.15, -0.1) is 0 Å². The van der Waals surface area contributed by atoms with E-state index in [4.69, 9.17) is 0 Å². The summed E-state index contributed by atoms with van der Waals surface area (Å²) >= 11 is 0. The van der Waals surface area contributed by atoms with Crippen LogP contribution in [0.25, 0.3) is 11.1 Å². The predicted octanol–water partition coefficient (Wildman–Crippen LogP) is 2.74. The molecular weight excluding hydrogens is 350 g/mol. The molecule has 0 atom stereocenters. The van der Waals surface area contributed by atoms with Crippen molar-refractivity contribution in [1.82, 2.24) is 24.6 Å². The SMILES string of the molecule is CN(C)Cc1ccc2c(c1)CCN(C(=O)c1cncc(-c3cnn(C)c3)c1)C2. The van der Waals surface area contributed by atoms with Crippen molar-refractivity contribution in [3.05, 3.63) is 71.3 Å². The Labute approximate surface area is 165 Å². The number of hydrogen-bond acceptors (Lipinski definition) is 4. The van der Waals surface area contributed by atoms with Gasteiger partial charge in [0.25, 0.3) is 5.91 Å². The van der Waals surface area contributed by atoms with Gasteiger partial charge in [0.15, 0.2) is 0 Å². The first kappa shape index (κ1) is 18.4. The number of nitrogens with zero attached hydrogens (tertiary/aromatic N) is 5. The Morgan fingerprint density at radius 2 is 1.96 bits per heavy atom. The summed E-state index contributed by atoms with van der Waals surface area (Å²) in [7, 11) is 6.03. The fourth-order valence-corrected chi connectivity index (χ4v) is 3.71. The van der Waals surface area contributed by atoms with Crippen molar-refractivity contribution in [3.63, 3.8) is 0 Å². The Morgan fingerprint density at radius 3 is 2.71 bits per heavy atom. The van der Waals surface area contributed by atoms with Crippen molar-refractivity contribution < 1.29 is 4.79 Å². The molecule has 1 aliphatic rings. The number of hydrogen-bond donors (Lipinski definition) is 0. The van der Waals surface area contributed by atoms with Crippen molar-refractivity contribution in [2.75, 3.05) is 20.6 Å². The molecule has 1 amide bonds. The highest BCUT2D eigenvalue weighted by molar-refractivity contribution is 5.95. The highest BCUT2D eigenvalue weighted by Crippen LogP contribution is 2.24. The maximum atomic E-state index is 13.1. The fourth-order valence-electron chi connectivity index (χ4n) is 3.71. The van der Waals surface area contributed by atoms with E-state index in [0.29, 0.717) is 12.1 Å². The van der Waals surface area contributed by atoms with Crippen LogP contribution in [-0.2, 0) is 26.6 Å². The van der Waals surface area contributed by atoms with Gasteiger partial charge in [-0.05, 0) is 43.3 Å². The van der Waals surface area contributed by atoms with Crippen LogP contribution in [0.3, 0.4) is 0 Å². The Morgan fingerprint density at radius 1 is 1.11 bits per heavy atom. The molecule has 0 fully saturated rings. The van der Waals surface area contributed by atoms with E-state index in [-0.39, 0.29) is 5.91 Å². The average Bonchev–Trinajstić information content (AvgIpc) is 3.13. The fraction of sp³-hybridized carbons (Fsp3) is 0.318. The molecule has 6 heteroatoms. The number of benzene rings is 1. The van der Waals surface area contributed by atoms with Crippen molar-refractivity contribution in [2.45, 2.75) is 19.5 Å². The summed E-state index contributed by atoms with van der Waals surface area (Å²) in [5, 5.41) is 4.20. The van der Waals surface area contributed by atoms with E-state index in [2.05, 4.69) is 47.3 Å². The molecule has 3 aromatic rings. The summed E-state index contributed by atoms with van der Waals surface area (Å²) in [6.45, 7) is 2.31. The maximum Gasteiger partial charge on any atom is 0.255 e. The first-order valence-electron chi connectivity index (χ1n) is 9.48. The molecule has 0 spiro atoms. The molecule has 144 valence electrons. The lowest BCUT2D eigenvalue weighted by Gasteiger charge is -2.29. The minimum absolute atomic E-state index is 0.0289. The Kier molecular flexibility index (Phi) is 4.96. The van der Waals surface area contributed by atoms with Crippen LogP contribution in [0, 0.1) is 0 Å². The average molecular weight is 375 g/mol. The summed E-state index contributed by atoms with van der Waals surface area (Å²) < 4.78 is 1.75. The number of aryl methyl sites for hydroxylation is 1. The molecule has 0 N–H and O–H groups in total. The largest absolute Gasteiger partial charge is 0.334 e. The minimum Gasteiger partial charge on any atom is -0.334 e. The van der Waals surface area contributed by atoms with E-state index in [9.17, 15) is 4.79 Å². The zero-order valence-electron chi connectivity index (χ0n) is 16.6. The lowest BCUT2D eigenvalue weighted by atomic mass is 9.96. The van der Waals surface area contributed by atoms with Gasteiger partial charge in [0.1, 0.15) is 0 Å². The second-order valence-corrected chi connectivity index (χ2v) is 7.68. The van der Waals surface area contributed by atoms with Crippen molar-refractivity contribution in [2.24, 2.45) is 7.05 Å². The molecule has 28 heavy (non-hydrogen) atoms. The summed E-state index contributed by atoms with van der Waals surface area (Å²) in [5.74, 6) is 0.0289. The molecule has 3 heterocycles. The van der Waals surface area contributed by atoms with Gasteiger partial charge in [0.05, 0.1) is 11.8 Å². The third kappa shape index (κ3) is 3.82. The summed E-state index contributed by atoms with van der Waals surface area (Å²) in [6.07, 6.45) is 8.02. The van der Waals surface area contributed by atoms with Gasteiger partial charge in [-0.2, -0.15) is 5.10 Å². The zero-order valence-corrected chi connectivity index (χ0v) is 16.6. The van der Waals surface area contributed by atoms with E-state index in [1.807, 2.05) is 24.2 Å². The molecule has 1 aliphatic heterocycles. The van der Waals surface area contributed by atoms with Crippen LogP contribution >= 0.6 is 0 Å². The molecule has 0 unspecified atom stereocenters. The summed E-state index contributed by atoms with van der Waals surface area (Å²) in [5.41, 5.74) is 6.39. The number of aromatic nitrogens is 3. The van der Waals surface area contributed by atoms with Crippen LogP contribution < -0.4 is 0 Å². The van der Waals surface area contributed by atoms with Gasteiger partial charge in [-0.25, -0.2) is 0 Å². The van der Waals surface area contributed by atoms with Gasteiger partial charge in [0.2, 0.25) is 0 Å². The highest BCUT2D eigenvalue weighted by atomic mass is 16.2. The molecule has 0 saturated heterocycles. The van der Waals surface area contributed by atoms with Crippen LogP contribution in [0.2, 0.25) is 0 Å². The van der Waals surface area contributed by atoms with Gasteiger partial charge < -0.3 is 9.80 Å². The number of carbonyl (C=O) groups excluding carboxylic acids is 1. The third-order valence-corrected chi connectivity index (χ3v) is 5.09. The summed E-state index contributed by atoms with van der Waals surface area (Å²) in [6, 6.07) is 8.51. The number of fused-ring (bicyclic) bond motifs is 1. The molecule has 1 aromatic carbocycles. The molecular formula is C22H25N5O. The monoisotopic (exact) mass is 375 g/mol. The Bertz CT molecular complexity index is 1010. The van der Waals surface area contributed by atoms with E-state index >= 15 is 0 Å². The Balaban J connectivity index is 1.52. The smallest absolute Gasteiger partial charge is 0.255 e. The molecule has 0 bridgehead atoms. The molecule has 2 aromatic heterocycles. The number of amides is 1. The van der Waals surface area contributed by atoms with Crippen molar-refractivity contribution in [3.8, 4) is 11.1 Å².